The highest BCUT2D eigenvalue weighted by molar-refractivity contribution is 9.10. The summed E-state index contributed by atoms with van der Waals surface area (Å²) in [6.07, 6.45) is 0. The summed E-state index contributed by atoms with van der Waals surface area (Å²) in [5.74, 6) is 0.660. The molecule has 0 fully saturated rings. The third kappa shape index (κ3) is 3.14. The Labute approximate surface area is 113 Å². The van der Waals surface area contributed by atoms with Gasteiger partial charge < -0.3 is 10.5 Å². The zero-order valence-corrected chi connectivity index (χ0v) is 11.3. The number of benzene rings is 2. The minimum atomic E-state index is 0.438. The van der Waals surface area contributed by atoms with Gasteiger partial charge in [0.05, 0.1) is 10.2 Å². The van der Waals surface area contributed by atoms with E-state index in [9.17, 15) is 0 Å². The van der Waals surface area contributed by atoms with Gasteiger partial charge in [0.25, 0.3) is 0 Å². The van der Waals surface area contributed by atoms with Gasteiger partial charge in [0.1, 0.15) is 6.61 Å². The first-order valence-corrected chi connectivity index (χ1v) is 6.25. The average Bonchev–Trinajstić information content (AvgIpc) is 2.28. The molecule has 2 N–H and O–H groups in total. The van der Waals surface area contributed by atoms with Crippen LogP contribution in [0, 0.1) is 0 Å². The van der Waals surface area contributed by atoms with Gasteiger partial charge in [-0.2, -0.15) is 0 Å². The number of nitrogens with two attached hydrogens (primary N) is 1. The highest BCUT2D eigenvalue weighted by atomic mass is 79.9. The van der Waals surface area contributed by atoms with Crippen LogP contribution in [0.25, 0.3) is 0 Å². The van der Waals surface area contributed by atoms with Crippen LogP contribution in [0.1, 0.15) is 5.56 Å². The number of halogens is 2. The van der Waals surface area contributed by atoms with Gasteiger partial charge in [-0.3, -0.25) is 0 Å². The molecule has 0 spiro atoms. The molecule has 0 atom stereocenters. The van der Waals surface area contributed by atoms with E-state index in [-0.39, 0.29) is 0 Å². The molecule has 17 heavy (non-hydrogen) atoms. The highest BCUT2D eigenvalue weighted by Crippen LogP contribution is 2.31. The number of anilines is 1. The summed E-state index contributed by atoms with van der Waals surface area (Å²) in [4.78, 5) is 0. The Bertz CT molecular complexity index is 510. The Kier molecular flexibility index (Phi) is 3.92. The van der Waals surface area contributed by atoms with Crippen LogP contribution >= 0.6 is 27.5 Å². The molecule has 0 amide bonds. The first-order valence-electron chi connectivity index (χ1n) is 5.08. The van der Waals surface area contributed by atoms with Crippen LogP contribution < -0.4 is 10.5 Å². The van der Waals surface area contributed by atoms with Crippen LogP contribution in [0.2, 0.25) is 5.02 Å². The Morgan fingerprint density at radius 3 is 2.65 bits per heavy atom. The molecule has 2 rings (SSSR count). The lowest BCUT2D eigenvalue weighted by Crippen LogP contribution is -1.99. The van der Waals surface area contributed by atoms with E-state index in [2.05, 4.69) is 15.9 Å². The SMILES string of the molecule is Nc1cccc(Br)c1OCc1cccc(Cl)c1. The second kappa shape index (κ2) is 5.43. The van der Waals surface area contributed by atoms with Crippen molar-refractivity contribution in [2.45, 2.75) is 6.61 Å². The second-order valence-electron chi connectivity index (χ2n) is 3.58. The molecule has 0 aliphatic carbocycles. The van der Waals surface area contributed by atoms with E-state index in [1.807, 2.05) is 36.4 Å². The topological polar surface area (TPSA) is 35.2 Å². The predicted octanol–water partition coefficient (Wildman–Crippen LogP) is 4.26. The summed E-state index contributed by atoms with van der Waals surface area (Å²) in [5.41, 5.74) is 7.45. The quantitative estimate of drug-likeness (QED) is 0.859. The van der Waals surface area contributed by atoms with Crippen molar-refractivity contribution in [3.63, 3.8) is 0 Å². The molecular weight excluding hydrogens is 302 g/mol. The molecule has 0 radical (unpaired) electrons. The maximum atomic E-state index is 5.90. The van der Waals surface area contributed by atoms with Crippen molar-refractivity contribution in [3.8, 4) is 5.75 Å². The summed E-state index contributed by atoms with van der Waals surface area (Å²) in [5, 5.41) is 0.700. The first kappa shape index (κ1) is 12.3. The van der Waals surface area contributed by atoms with Crippen LogP contribution in [-0.2, 0) is 6.61 Å². The van der Waals surface area contributed by atoms with Crippen LogP contribution in [0.15, 0.2) is 46.9 Å². The molecule has 0 heterocycles. The van der Waals surface area contributed by atoms with E-state index < -0.39 is 0 Å². The number of ether oxygens (including phenoxy) is 1. The lowest BCUT2D eigenvalue weighted by molar-refractivity contribution is 0.306. The van der Waals surface area contributed by atoms with E-state index in [4.69, 9.17) is 22.1 Å². The molecule has 0 aromatic heterocycles. The summed E-state index contributed by atoms with van der Waals surface area (Å²) in [6, 6.07) is 13.1. The molecule has 2 nitrogen and oxygen atoms in total. The largest absolute Gasteiger partial charge is 0.486 e. The molecule has 0 saturated heterocycles. The second-order valence-corrected chi connectivity index (χ2v) is 4.87. The summed E-state index contributed by atoms with van der Waals surface area (Å²) >= 11 is 9.30. The van der Waals surface area contributed by atoms with Crippen molar-refractivity contribution >= 4 is 33.2 Å². The minimum Gasteiger partial charge on any atom is -0.486 e. The Hall–Kier alpha value is -1.19. The third-order valence-electron chi connectivity index (χ3n) is 2.27. The molecule has 2 aromatic carbocycles. The van der Waals surface area contributed by atoms with E-state index in [1.165, 1.54) is 0 Å². The molecule has 4 heteroatoms. The van der Waals surface area contributed by atoms with Crippen molar-refractivity contribution < 1.29 is 4.74 Å². The summed E-state index contributed by atoms with van der Waals surface area (Å²) < 4.78 is 6.52. The Morgan fingerprint density at radius 1 is 1.18 bits per heavy atom. The first-order chi connectivity index (χ1) is 8.16. The Morgan fingerprint density at radius 2 is 1.94 bits per heavy atom. The summed E-state index contributed by atoms with van der Waals surface area (Å²) in [6.45, 7) is 0.438. The van der Waals surface area contributed by atoms with Crippen LogP contribution in [0.5, 0.6) is 5.75 Å². The molecule has 0 aliphatic heterocycles. The van der Waals surface area contributed by atoms with Gasteiger partial charge in [0, 0.05) is 5.02 Å². The molecule has 0 saturated carbocycles. The van der Waals surface area contributed by atoms with Crippen molar-refractivity contribution in [1.82, 2.24) is 0 Å². The number of hydrogen-bond donors (Lipinski definition) is 1. The fourth-order valence-corrected chi connectivity index (χ4v) is 2.17. The molecule has 88 valence electrons. The van der Waals surface area contributed by atoms with Crippen LogP contribution in [0.4, 0.5) is 5.69 Å². The monoisotopic (exact) mass is 311 g/mol. The van der Waals surface area contributed by atoms with Gasteiger partial charge in [0.2, 0.25) is 0 Å². The van der Waals surface area contributed by atoms with E-state index in [0.717, 1.165) is 10.0 Å². The van der Waals surface area contributed by atoms with Crippen molar-refractivity contribution in [1.29, 1.82) is 0 Å². The van der Waals surface area contributed by atoms with Gasteiger partial charge in [-0.15, -0.1) is 0 Å². The standard InChI is InChI=1S/C13H11BrClNO/c14-11-5-2-6-12(16)13(11)17-8-9-3-1-4-10(15)7-9/h1-7H,8,16H2. The molecule has 0 bridgehead atoms. The zero-order valence-electron chi connectivity index (χ0n) is 8.99. The van der Waals surface area contributed by atoms with Crippen molar-refractivity contribution in [2.75, 3.05) is 5.73 Å². The van der Waals surface area contributed by atoms with Gasteiger partial charge in [-0.1, -0.05) is 29.8 Å². The van der Waals surface area contributed by atoms with Gasteiger partial charge in [-0.25, -0.2) is 0 Å². The maximum Gasteiger partial charge on any atom is 0.156 e. The van der Waals surface area contributed by atoms with Gasteiger partial charge in [0.15, 0.2) is 5.75 Å². The molecule has 0 aliphatic rings. The molecule has 2 aromatic rings. The van der Waals surface area contributed by atoms with E-state index in [1.54, 1.807) is 6.07 Å². The van der Waals surface area contributed by atoms with Crippen molar-refractivity contribution in [3.05, 3.63) is 57.5 Å². The normalized spacial score (nSPS) is 10.2. The zero-order chi connectivity index (χ0) is 12.3. The number of para-hydroxylation sites is 1. The predicted molar refractivity (Wildman–Crippen MR) is 74.3 cm³/mol. The lowest BCUT2D eigenvalue weighted by atomic mass is 10.2. The maximum absolute atomic E-state index is 5.90. The number of rotatable bonds is 3. The smallest absolute Gasteiger partial charge is 0.156 e. The average molecular weight is 313 g/mol. The fourth-order valence-electron chi connectivity index (χ4n) is 1.46. The van der Waals surface area contributed by atoms with Gasteiger partial charge >= 0.3 is 0 Å². The fraction of sp³-hybridized carbons (Fsp3) is 0.0769. The van der Waals surface area contributed by atoms with Gasteiger partial charge in [-0.05, 0) is 45.8 Å². The van der Waals surface area contributed by atoms with Crippen LogP contribution in [-0.4, -0.2) is 0 Å². The molecule has 0 unspecified atom stereocenters. The summed E-state index contributed by atoms with van der Waals surface area (Å²) in [7, 11) is 0. The van der Waals surface area contributed by atoms with Crippen LogP contribution in [0.3, 0.4) is 0 Å². The Balaban J connectivity index is 2.13. The number of hydrogen-bond acceptors (Lipinski definition) is 2. The number of nitrogen functional groups attached to an aromatic ring is 1. The minimum absolute atomic E-state index is 0.438. The lowest BCUT2D eigenvalue weighted by Gasteiger charge is -2.10. The molecular formula is C13H11BrClNO. The van der Waals surface area contributed by atoms with E-state index in [0.29, 0.717) is 23.1 Å². The third-order valence-corrected chi connectivity index (χ3v) is 3.13. The highest BCUT2D eigenvalue weighted by Gasteiger charge is 2.05. The van der Waals surface area contributed by atoms with Crippen molar-refractivity contribution in [2.24, 2.45) is 0 Å². The van der Waals surface area contributed by atoms with E-state index >= 15 is 0 Å².